The van der Waals surface area contributed by atoms with Gasteiger partial charge >= 0.3 is 0 Å². The van der Waals surface area contributed by atoms with Crippen LogP contribution < -0.4 is 5.32 Å². The highest BCUT2D eigenvalue weighted by atomic mass is 32.2. The van der Waals surface area contributed by atoms with Gasteiger partial charge in [-0.3, -0.25) is 4.79 Å². The maximum Gasteiger partial charge on any atom is 0.237 e. The number of carbonyl (C=O) groups excluding carboxylic acids is 1. The summed E-state index contributed by atoms with van der Waals surface area (Å²) in [7, 11) is 1.84. The Kier molecular flexibility index (Phi) is 5.68. The van der Waals surface area contributed by atoms with Gasteiger partial charge in [-0.2, -0.15) is 0 Å². The van der Waals surface area contributed by atoms with Crippen LogP contribution in [0.3, 0.4) is 0 Å². The van der Waals surface area contributed by atoms with Crippen LogP contribution in [0.15, 0.2) is 59.8 Å². The zero-order valence-electron chi connectivity index (χ0n) is 14.5. The third-order valence-electron chi connectivity index (χ3n) is 3.89. The number of aromatic nitrogens is 3. The van der Waals surface area contributed by atoms with E-state index in [0.29, 0.717) is 17.4 Å². The molecule has 5 nitrogen and oxygen atoms in total. The standard InChI is InChI=1S/C19H19FN4OS/c1-3-16(18(25)21-15-7-5-4-6-8-15)26-19-23-22-17(24(19)2)13-9-11-14(20)12-10-13/h4-12,16H,3H2,1-2H3,(H,21,25). The smallest absolute Gasteiger partial charge is 0.237 e. The Morgan fingerprint density at radius 3 is 2.50 bits per heavy atom. The van der Waals surface area contributed by atoms with Crippen LogP contribution in [0.5, 0.6) is 0 Å². The van der Waals surface area contributed by atoms with Gasteiger partial charge in [-0.05, 0) is 42.8 Å². The van der Waals surface area contributed by atoms with Gasteiger partial charge in [0.15, 0.2) is 11.0 Å². The van der Waals surface area contributed by atoms with Gasteiger partial charge in [0.1, 0.15) is 5.82 Å². The SMILES string of the molecule is CCC(Sc1nnc(-c2ccc(F)cc2)n1C)C(=O)Nc1ccccc1. The van der Waals surface area contributed by atoms with Crippen molar-refractivity contribution < 1.29 is 9.18 Å². The Hall–Kier alpha value is -2.67. The fourth-order valence-corrected chi connectivity index (χ4v) is 3.38. The van der Waals surface area contributed by atoms with Gasteiger partial charge in [-0.25, -0.2) is 4.39 Å². The number of carbonyl (C=O) groups is 1. The molecule has 134 valence electrons. The third-order valence-corrected chi connectivity index (χ3v) is 5.29. The van der Waals surface area contributed by atoms with Gasteiger partial charge in [0.2, 0.25) is 5.91 Å². The van der Waals surface area contributed by atoms with Crippen molar-refractivity contribution in [3.63, 3.8) is 0 Å². The van der Waals surface area contributed by atoms with Gasteiger partial charge in [0.25, 0.3) is 0 Å². The second-order valence-electron chi connectivity index (χ2n) is 5.74. The lowest BCUT2D eigenvalue weighted by Gasteiger charge is -2.14. The number of thioether (sulfide) groups is 1. The molecule has 0 radical (unpaired) electrons. The Balaban J connectivity index is 1.74. The zero-order valence-corrected chi connectivity index (χ0v) is 15.3. The number of nitrogens with one attached hydrogen (secondary N) is 1. The van der Waals surface area contributed by atoms with Crippen molar-refractivity contribution in [3.05, 3.63) is 60.4 Å². The van der Waals surface area contributed by atoms with E-state index >= 15 is 0 Å². The van der Waals surface area contributed by atoms with E-state index in [9.17, 15) is 9.18 Å². The topological polar surface area (TPSA) is 59.8 Å². The van der Waals surface area contributed by atoms with Crippen LogP contribution in [0.2, 0.25) is 0 Å². The molecule has 1 atom stereocenters. The highest BCUT2D eigenvalue weighted by Crippen LogP contribution is 2.28. The predicted octanol–water partition coefficient (Wildman–Crippen LogP) is 4.13. The average Bonchev–Trinajstić information content (AvgIpc) is 3.01. The van der Waals surface area contributed by atoms with Crippen LogP contribution in [-0.2, 0) is 11.8 Å². The van der Waals surface area contributed by atoms with Crippen LogP contribution in [0.1, 0.15) is 13.3 Å². The molecular formula is C19H19FN4OS. The minimum atomic E-state index is -0.297. The van der Waals surface area contributed by atoms with Crippen LogP contribution >= 0.6 is 11.8 Å². The first-order valence-electron chi connectivity index (χ1n) is 8.26. The number of hydrogen-bond donors (Lipinski definition) is 1. The van der Waals surface area contributed by atoms with Crippen LogP contribution in [0.4, 0.5) is 10.1 Å². The molecule has 3 rings (SSSR count). The van der Waals surface area contributed by atoms with Gasteiger partial charge in [0, 0.05) is 18.3 Å². The second-order valence-corrected chi connectivity index (χ2v) is 6.91. The van der Waals surface area contributed by atoms with E-state index < -0.39 is 0 Å². The summed E-state index contributed by atoms with van der Waals surface area (Å²) in [6.45, 7) is 1.96. The molecule has 0 fully saturated rings. The number of halogens is 1. The fourth-order valence-electron chi connectivity index (χ4n) is 2.46. The predicted molar refractivity (Wildman–Crippen MR) is 101 cm³/mol. The molecule has 1 aromatic heterocycles. The monoisotopic (exact) mass is 370 g/mol. The molecule has 0 saturated carbocycles. The molecule has 0 aliphatic carbocycles. The number of nitrogens with zero attached hydrogens (tertiary/aromatic N) is 3. The number of hydrogen-bond acceptors (Lipinski definition) is 4. The molecule has 0 bridgehead atoms. The Morgan fingerprint density at radius 1 is 1.15 bits per heavy atom. The maximum absolute atomic E-state index is 13.1. The van der Waals surface area contributed by atoms with Crippen LogP contribution in [0.25, 0.3) is 11.4 Å². The van der Waals surface area contributed by atoms with Gasteiger partial charge in [-0.1, -0.05) is 36.9 Å². The number of para-hydroxylation sites is 1. The molecule has 2 aromatic carbocycles. The van der Waals surface area contributed by atoms with E-state index in [1.165, 1.54) is 23.9 Å². The summed E-state index contributed by atoms with van der Waals surface area (Å²) in [6.07, 6.45) is 0.655. The van der Waals surface area contributed by atoms with Crippen molar-refractivity contribution in [1.29, 1.82) is 0 Å². The lowest BCUT2D eigenvalue weighted by atomic mass is 10.2. The van der Waals surface area contributed by atoms with E-state index in [2.05, 4.69) is 15.5 Å². The molecule has 1 heterocycles. The van der Waals surface area contributed by atoms with Crippen LogP contribution in [0, 0.1) is 5.82 Å². The normalized spacial score (nSPS) is 12.0. The second kappa shape index (κ2) is 8.14. The first kappa shape index (κ1) is 18.1. The van der Waals surface area contributed by atoms with Gasteiger partial charge in [-0.15, -0.1) is 10.2 Å². The Labute approximate surface area is 155 Å². The van der Waals surface area contributed by atoms with Crippen molar-refractivity contribution in [2.45, 2.75) is 23.8 Å². The molecule has 3 aromatic rings. The van der Waals surface area contributed by atoms with Crippen LogP contribution in [-0.4, -0.2) is 25.9 Å². The highest BCUT2D eigenvalue weighted by Gasteiger charge is 2.22. The van der Waals surface area contributed by atoms with Crippen molar-refractivity contribution in [2.75, 3.05) is 5.32 Å². The number of amides is 1. The van der Waals surface area contributed by atoms with Crippen molar-refractivity contribution in [1.82, 2.24) is 14.8 Å². The lowest BCUT2D eigenvalue weighted by molar-refractivity contribution is -0.115. The van der Waals surface area contributed by atoms with Gasteiger partial charge < -0.3 is 9.88 Å². The summed E-state index contributed by atoms with van der Waals surface area (Å²) in [4.78, 5) is 12.5. The number of benzene rings is 2. The van der Waals surface area contributed by atoms with Crippen molar-refractivity contribution in [2.24, 2.45) is 7.05 Å². The summed E-state index contributed by atoms with van der Waals surface area (Å²) in [5, 5.41) is 11.6. The van der Waals surface area contributed by atoms with E-state index in [0.717, 1.165) is 11.3 Å². The zero-order chi connectivity index (χ0) is 18.5. The molecule has 1 amide bonds. The van der Waals surface area contributed by atoms with Crippen molar-refractivity contribution >= 4 is 23.4 Å². The molecule has 0 aliphatic heterocycles. The fraction of sp³-hybridized carbons (Fsp3) is 0.211. The van der Waals surface area contributed by atoms with E-state index in [1.54, 1.807) is 12.1 Å². The van der Waals surface area contributed by atoms with Gasteiger partial charge in [0.05, 0.1) is 5.25 Å². The Morgan fingerprint density at radius 2 is 1.85 bits per heavy atom. The van der Waals surface area contributed by atoms with E-state index in [1.807, 2.05) is 48.9 Å². The Bertz CT molecular complexity index is 880. The maximum atomic E-state index is 13.1. The highest BCUT2D eigenvalue weighted by molar-refractivity contribution is 8.00. The van der Waals surface area contributed by atoms with E-state index in [-0.39, 0.29) is 17.0 Å². The molecule has 0 spiro atoms. The van der Waals surface area contributed by atoms with E-state index in [4.69, 9.17) is 0 Å². The minimum Gasteiger partial charge on any atom is -0.325 e. The number of rotatable bonds is 6. The van der Waals surface area contributed by atoms with Crippen molar-refractivity contribution in [3.8, 4) is 11.4 Å². The summed E-state index contributed by atoms with van der Waals surface area (Å²) < 4.78 is 14.9. The quantitative estimate of drug-likeness (QED) is 0.663. The molecule has 1 N–H and O–H groups in total. The summed E-state index contributed by atoms with van der Waals surface area (Å²) in [6, 6.07) is 15.5. The summed E-state index contributed by atoms with van der Waals surface area (Å²) in [5.74, 6) is 0.259. The first-order valence-corrected chi connectivity index (χ1v) is 9.14. The minimum absolute atomic E-state index is 0.0740. The average molecular weight is 370 g/mol. The molecule has 0 saturated heterocycles. The molecule has 0 aliphatic rings. The number of anilines is 1. The molecule has 7 heteroatoms. The molecular weight excluding hydrogens is 351 g/mol. The first-order chi connectivity index (χ1) is 12.6. The third kappa shape index (κ3) is 4.11. The molecule has 26 heavy (non-hydrogen) atoms. The summed E-state index contributed by atoms with van der Waals surface area (Å²) in [5.41, 5.74) is 1.54. The lowest BCUT2D eigenvalue weighted by Crippen LogP contribution is -2.24. The summed E-state index contributed by atoms with van der Waals surface area (Å²) >= 11 is 1.36. The largest absolute Gasteiger partial charge is 0.325 e. The molecule has 1 unspecified atom stereocenters.